The van der Waals surface area contributed by atoms with Crippen LogP contribution in [0.5, 0.6) is 0 Å². The summed E-state index contributed by atoms with van der Waals surface area (Å²) >= 11 is 0. The Morgan fingerprint density at radius 1 is 1.60 bits per heavy atom. The summed E-state index contributed by atoms with van der Waals surface area (Å²) in [6, 6.07) is 5.29. The lowest BCUT2D eigenvalue weighted by molar-refractivity contribution is 0.167. The van der Waals surface area contributed by atoms with Crippen molar-refractivity contribution in [3.63, 3.8) is 0 Å². The monoisotopic (exact) mass is 208 g/mol. The molecule has 0 saturated carbocycles. The van der Waals surface area contributed by atoms with Gasteiger partial charge in [0.15, 0.2) is 0 Å². The lowest BCUT2D eigenvalue weighted by Crippen LogP contribution is -2.45. The van der Waals surface area contributed by atoms with Crippen LogP contribution < -0.4 is 5.32 Å². The average Bonchev–Trinajstić information content (AvgIpc) is 2.73. The Hall–Kier alpha value is -0.800. The summed E-state index contributed by atoms with van der Waals surface area (Å²) in [6.45, 7) is 4.34. The molecule has 0 aromatic carbocycles. The number of hydrogen-bond acceptors (Lipinski definition) is 3. The standard InChI is InChI=1S/C12H20N2O/c1-10-8-11(5-6-14(10)2)13-9-12-4-3-7-15-12/h3-4,7,10-11,13H,5-6,8-9H2,1-2H3. The quantitative estimate of drug-likeness (QED) is 0.821. The van der Waals surface area contributed by atoms with Gasteiger partial charge in [-0.25, -0.2) is 0 Å². The van der Waals surface area contributed by atoms with Crippen molar-refractivity contribution in [3.8, 4) is 0 Å². The number of hydrogen-bond donors (Lipinski definition) is 1. The second kappa shape index (κ2) is 4.81. The van der Waals surface area contributed by atoms with Crippen LogP contribution >= 0.6 is 0 Å². The lowest BCUT2D eigenvalue weighted by atomic mass is 9.99. The molecular formula is C12H20N2O. The number of rotatable bonds is 3. The van der Waals surface area contributed by atoms with Crippen LogP contribution in [-0.2, 0) is 6.54 Å². The van der Waals surface area contributed by atoms with Crippen LogP contribution in [0.15, 0.2) is 22.8 Å². The smallest absolute Gasteiger partial charge is 0.117 e. The van der Waals surface area contributed by atoms with Crippen molar-refractivity contribution in [2.75, 3.05) is 13.6 Å². The van der Waals surface area contributed by atoms with E-state index >= 15 is 0 Å². The summed E-state index contributed by atoms with van der Waals surface area (Å²) in [7, 11) is 2.20. The van der Waals surface area contributed by atoms with Crippen molar-refractivity contribution in [3.05, 3.63) is 24.2 Å². The average molecular weight is 208 g/mol. The Bertz CT molecular complexity index is 284. The van der Waals surface area contributed by atoms with E-state index in [1.165, 1.54) is 19.4 Å². The van der Waals surface area contributed by atoms with Gasteiger partial charge in [-0.2, -0.15) is 0 Å². The molecule has 2 unspecified atom stereocenters. The highest BCUT2D eigenvalue weighted by atomic mass is 16.3. The zero-order valence-corrected chi connectivity index (χ0v) is 9.57. The van der Waals surface area contributed by atoms with E-state index in [2.05, 4.69) is 24.2 Å². The molecule has 0 spiro atoms. The minimum absolute atomic E-state index is 0.640. The van der Waals surface area contributed by atoms with E-state index in [0.717, 1.165) is 12.3 Å². The molecule has 3 nitrogen and oxygen atoms in total. The Morgan fingerprint density at radius 3 is 3.13 bits per heavy atom. The van der Waals surface area contributed by atoms with E-state index in [1.807, 2.05) is 12.1 Å². The summed E-state index contributed by atoms with van der Waals surface area (Å²) in [5.41, 5.74) is 0. The molecule has 0 amide bonds. The highest BCUT2D eigenvalue weighted by molar-refractivity contribution is 4.98. The first-order valence-electron chi connectivity index (χ1n) is 5.71. The summed E-state index contributed by atoms with van der Waals surface area (Å²) in [5, 5.41) is 3.55. The molecule has 1 N–H and O–H groups in total. The highest BCUT2D eigenvalue weighted by Crippen LogP contribution is 2.15. The van der Waals surface area contributed by atoms with Gasteiger partial charge in [-0.1, -0.05) is 0 Å². The first-order chi connectivity index (χ1) is 7.25. The Morgan fingerprint density at radius 2 is 2.47 bits per heavy atom. The van der Waals surface area contributed by atoms with Crippen molar-refractivity contribution in [1.82, 2.24) is 10.2 Å². The normalized spacial score (nSPS) is 28.1. The minimum Gasteiger partial charge on any atom is -0.468 e. The maximum Gasteiger partial charge on any atom is 0.117 e. The molecule has 1 saturated heterocycles. The molecule has 1 aromatic heterocycles. The van der Waals surface area contributed by atoms with Gasteiger partial charge in [0.05, 0.1) is 12.8 Å². The van der Waals surface area contributed by atoms with Crippen LogP contribution in [0.2, 0.25) is 0 Å². The number of nitrogens with zero attached hydrogens (tertiary/aromatic N) is 1. The van der Waals surface area contributed by atoms with E-state index in [-0.39, 0.29) is 0 Å². The van der Waals surface area contributed by atoms with Gasteiger partial charge in [0, 0.05) is 12.1 Å². The van der Waals surface area contributed by atoms with E-state index in [1.54, 1.807) is 6.26 Å². The predicted octanol–water partition coefficient (Wildman–Crippen LogP) is 1.85. The SMILES string of the molecule is CC1CC(NCc2ccco2)CCN1C. The van der Waals surface area contributed by atoms with Crippen LogP contribution in [0.3, 0.4) is 0 Å². The van der Waals surface area contributed by atoms with Gasteiger partial charge in [0.2, 0.25) is 0 Å². The van der Waals surface area contributed by atoms with Gasteiger partial charge >= 0.3 is 0 Å². The van der Waals surface area contributed by atoms with E-state index in [0.29, 0.717) is 12.1 Å². The number of piperidine rings is 1. The summed E-state index contributed by atoms with van der Waals surface area (Å²) in [5.74, 6) is 1.03. The molecule has 1 aliphatic heterocycles. The van der Waals surface area contributed by atoms with E-state index in [9.17, 15) is 0 Å². The van der Waals surface area contributed by atoms with Crippen LogP contribution in [0.4, 0.5) is 0 Å². The van der Waals surface area contributed by atoms with E-state index < -0.39 is 0 Å². The van der Waals surface area contributed by atoms with Crippen LogP contribution in [0.25, 0.3) is 0 Å². The summed E-state index contributed by atoms with van der Waals surface area (Å²) < 4.78 is 5.30. The first kappa shape index (κ1) is 10.7. The van der Waals surface area contributed by atoms with Gasteiger partial charge in [0.25, 0.3) is 0 Å². The lowest BCUT2D eigenvalue weighted by Gasteiger charge is -2.35. The summed E-state index contributed by atoms with van der Waals surface area (Å²) in [4.78, 5) is 2.42. The van der Waals surface area contributed by atoms with Crippen molar-refractivity contribution in [2.24, 2.45) is 0 Å². The zero-order chi connectivity index (χ0) is 10.7. The third kappa shape index (κ3) is 2.83. The third-order valence-corrected chi connectivity index (χ3v) is 3.35. The van der Waals surface area contributed by atoms with Gasteiger partial charge < -0.3 is 14.6 Å². The van der Waals surface area contributed by atoms with Gasteiger partial charge in [0.1, 0.15) is 5.76 Å². The molecule has 1 aromatic rings. The van der Waals surface area contributed by atoms with Crippen molar-refractivity contribution in [1.29, 1.82) is 0 Å². The van der Waals surface area contributed by atoms with Gasteiger partial charge in [-0.15, -0.1) is 0 Å². The molecule has 2 atom stereocenters. The Labute approximate surface area is 91.4 Å². The van der Waals surface area contributed by atoms with Gasteiger partial charge in [-0.3, -0.25) is 0 Å². The third-order valence-electron chi connectivity index (χ3n) is 3.35. The van der Waals surface area contributed by atoms with E-state index in [4.69, 9.17) is 4.42 Å². The molecule has 2 heterocycles. The second-order valence-electron chi connectivity index (χ2n) is 4.51. The molecule has 0 radical (unpaired) electrons. The van der Waals surface area contributed by atoms with Crippen molar-refractivity contribution < 1.29 is 4.42 Å². The molecule has 1 aliphatic rings. The molecule has 15 heavy (non-hydrogen) atoms. The molecule has 2 rings (SSSR count). The first-order valence-corrected chi connectivity index (χ1v) is 5.71. The number of furan rings is 1. The summed E-state index contributed by atoms with van der Waals surface area (Å²) in [6.07, 6.45) is 4.20. The molecule has 84 valence electrons. The molecule has 1 fully saturated rings. The van der Waals surface area contributed by atoms with Crippen LogP contribution in [0.1, 0.15) is 25.5 Å². The zero-order valence-electron chi connectivity index (χ0n) is 9.57. The number of likely N-dealkylation sites (tertiary alicyclic amines) is 1. The van der Waals surface area contributed by atoms with Crippen LogP contribution in [0, 0.1) is 0 Å². The second-order valence-corrected chi connectivity index (χ2v) is 4.51. The largest absolute Gasteiger partial charge is 0.468 e. The molecule has 0 bridgehead atoms. The van der Waals surface area contributed by atoms with Crippen molar-refractivity contribution >= 4 is 0 Å². The predicted molar refractivity (Wildman–Crippen MR) is 60.7 cm³/mol. The van der Waals surface area contributed by atoms with Crippen molar-refractivity contribution in [2.45, 2.75) is 38.4 Å². The fraction of sp³-hybridized carbons (Fsp3) is 0.667. The molecule has 0 aliphatic carbocycles. The maximum absolute atomic E-state index is 5.30. The fourth-order valence-corrected chi connectivity index (χ4v) is 2.13. The highest BCUT2D eigenvalue weighted by Gasteiger charge is 2.22. The topological polar surface area (TPSA) is 28.4 Å². The Kier molecular flexibility index (Phi) is 3.44. The minimum atomic E-state index is 0.640. The molecule has 3 heteroatoms. The number of nitrogens with one attached hydrogen (secondary N) is 1. The Balaban J connectivity index is 1.76. The fourth-order valence-electron chi connectivity index (χ4n) is 2.13. The maximum atomic E-state index is 5.30. The van der Waals surface area contributed by atoms with Gasteiger partial charge in [-0.05, 0) is 45.5 Å². The molecular weight excluding hydrogens is 188 g/mol. The van der Waals surface area contributed by atoms with Crippen LogP contribution in [-0.4, -0.2) is 30.6 Å².